The summed E-state index contributed by atoms with van der Waals surface area (Å²) in [5.41, 5.74) is 1.52. The molecule has 2 fully saturated rings. The molecule has 128 valence electrons. The van der Waals surface area contributed by atoms with Crippen molar-refractivity contribution in [3.8, 4) is 0 Å². The molecule has 0 spiro atoms. The minimum absolute atomic E-state index is 0.0133. The lowest BCUT2D eigenvalue weighted by Gasteiger charge is -2.30. The van der Waals surface area contributed by atoms with E-state index < -0.39 is 0 Å². The summed E-state index contributed by atoms with van der Waals surface area (Å²) >= 11 is 0. The second-order valence-electron chi connectivity index (χ2n) is 6.97. The number of amides is 2. The molecule has 6 nitrogen and oxygen atoms in total. The van der Waals surface area contributed by atoms with Crippen LogP contribution in [0.2, 0.25) is 0 Å². The van der Waals surface area contributed by atoms with Crippen molar-refractivity contribution in [3.05, 3.63) is 24.3 Å². The maximum Gasteiger partial charge on any atom is 0.244 e. The first-order valence-electron chi connectivity index (χ1n) is 8.86. The van der Waals surface area contributed by atoms with Gasteiger partial charge in [0.05, 0.1) is 17.9 Å². The second kappa shape index (κ2) is 6.53. The number of benzene rings is 1. The van der Waals surface area contributed by atoms with E-state index in [1.165, 1.54) is 25.9 Å². The highest BCUT2D eigenvalue weighted by atomic mass is 16.2. The van der Waals surface area contributed by atoms with Gasteiger partial charge in [-0.05, 0) is 44.5 Å². The Morgan fingerprint density at radius 2 is 1.96 bits per heavy atom. The fourth-order valence-electron chi connectivity index (χ4n) is 4.09. The van der Waals surface area contributed by atoms with Gasteiger partial charge in [0.1, 0.15) is 6.54 Å². The summed E-state index contributed by atoms with van der Waals surface area (Å²) in [6, 6.07) is 8.09. The summed E-state index contributed by atoms with van der Waals surface area (Å²) in [5, 5.41) is 2.83. The van der Waals surface area contributed by atoms with Crippen LogP contribution < -0.4 is 10.2 Å². The van der Waals surface area contributed by atoms with Crippen LogP contribution >= 0.6 is 0 Å². The molecule has 2 amide bonds. The van der Waals surface area contributed by atoms with E-state index in [4.69, 9.17) is 0 Å². The number of carbonyl (C=O) groups is 2. The van der Waals surface area contributed by atoms with Gasteiger partial charge in [-0.25, -0.2) is 0 Å². The Balaban J connectivity index is 1.41. The first-order chi connectivity index (χ1) is 11.7. The Morgan fingerprint density at radius 3 is 2.79 bits per heavy atom. The molecule has 1 atom stereocenters. The zero-order valence-corrected chi connectivity index (χ0v) is 13.9. The van der Waals surface area contributed by atoms with E-state index >= 15 is 0 Å². The van der Waals surface area contributed by atoms with Gasteiger partial charge in [-0.1, -0.05) is 12.1 Å². The van der Waals surface area contributed by atoms with Crippen molar-refractivity contribution in [2.24, 2.45) is 0 Å². The number of rotatable bonds is 3. The molecule has 0 bridgehead atoms. The Morgan fingerprint density at radius 1 is 1.17 bits per heavy atom. The van der Waals surface area contributed by atoms with Crippen LogP contribution in [0.25, 0.3) is 0 Å². The van der Waals surface area contributed by atoms with Crippen LogP contribution in [-0.2, 0) is 9.59 Å². The third-order valence-electron chi connectivity index (χ3n) is 5.34. The van der Waals surface area contributed by atoms with Crippen molar-refractivity contribution in [3.63, 3.8) is 0 Å². The van der Waals surface area contributed by atoms with E-state index in [-0.39, 0.29) is 18.4 Å². The predicted molar refractivity (Wildman–Crippen MR) is 93.1 cm³/mol. The predicted octanol–water partition coefficient (Wildman–Crippen LogP) is 1.14. The molecule has 2 saturated heterocycles. The van der Waals surface area contributed by atoms with E-state index in [0.717, 1.165) is 30.9 Å². The fourth-order valence-corrected chi connectivity index (χ4v) is 4.09. The fraction of sp³-hybridized carbons (Fsp3) is 0.556. The van der Waals surface area contributed by atoms with Crippen LogP contribution in [0.5, 0.6) is 0 Å². The zero-order valence-electron chi connectivity index (χ0n) is 13.9. The molecule has 1 aromatic rings. The highest BCUT2D eigenvalue weighted by Crippen LogP contribution is 2.29. The monoisotopic (exact) mass is 328 g/mol. The maximum atomic E-state index is 12.8. The number of nitrogens with one attached hydrogen (secondary N) is 1. The normalized spacial score (nSPS) is 24.9. The lowest BCUT2D eigenvalue weighted by atomic mass is 10.2. The summed E-state index contributed by atoms with van der Waals surface area (Å²) in [7, 11) is 0. The molecule has 0 radical (unpaired) electrons. The zero-order chi connectivity index (χ0) is 16.5. The maximum absolute atomic E-state index is 12.8. The lowest BCUT2D eigenvalue weighted by molar-refractivity contribution is -0.122. The van der Waals surface area contributed by atoms with Gasteiger partial charge < -0.3 is 5.32 Å². The number of nitrogens with zero attached hydrogens (tertiary/aromatic N) is 3. The van der Waals surface area contributed by atoms with Crippen LogP contribution in [0.15, 0.2) is 24.3 Å². The number of carbonyl (C=O) groups excluding carboxylic acids is 2. The van der Waals surface area contributed by atoms with Crippen molar-refractivity contribution < 1.29 is 9.59 Å². The average Bonchev–Trinajstić information content (AvgIpc) is 3.25. The van der Waals surface area contributed by atoms with Crippen molar-refractivity contribution in [2.45, 2.75) is 25.3 Å². The molecule has 24 heavy (non-hydrogen) atoms. The van der Waals surface area contributed by atoms with Crippen LogP contribution in [0.4, 0.5) is 11.4 Å². The Kier molecular flexibility index (Phi) is 4.24. The topological polar surface area (TPSA) is 55.9 Å². The van der Waals surface area contributed by atoms with Crippen LogP contribution in [0, 0.1) is 0 Å². The van der Waals surface area contributed by atoms with Crippen molar-refractivity contribution >= 4 is 23.2 Å². The standard InChI is InChI=1S/C18H24N4O2/c23-17-12-22(16-6-2-1-5-15(16)19-17)18(24)13-20-10-7-14(11-20)21-8-3-4-9-21/h1-2,5-6,14H,3-4,7-13H2,(H,19,23). The van der Waals surface area contributed by atoms with E-state index in [9.17, 15) is 9.59 Å². The minimum atomic E-state index is -0.126. The number of fused-ring (bicyclic) bond motifs is 1. The first-order valence-corrected chi connectivity index (χ1v) is 8.86. The van der Waals surface area contributed by atoms with Gasteiger partial charge >= 0.3 is 0 Å². The van der Waals surface area contributed by atoms with Gasteiger partial charge in [-0.3, -0.25) is 24.3 Å². The third-order valence-corrected chi connectivity index (χ3v) is 5.34. The molecular formula is C18H24N4O2. The summed E-state index contributed by atoms with van der Waals surface area (Å²) in [4.78, 5) is 31.1. The Bertz CT molecular complexity index is 642. The van der Waals surface area contributed by atoms with Gasteiger partial charge in [0.15, 0.2) is 0 Å². The van der Waals surface area contributed by atoms with Crippen molar-refractivity contribution in [1.29, 1.82) is 0 Å². The van der Waals surface area contributed by atoms with E-state index in [1.807, 2.05) is 24.3 Å². The number of anilines is 2. The third kappa shape index (κ3) is 3.03. The Hall–Kier alpha value is -1.92. The van der Waals surface area contributed by atoms with Gasteiger partial charge in [-0.15, -0.1) is 0 Å². The second-order valence-corrected chi connectivity index (χ2v) is 6.97. The van der Waals surface area contributed by atoms with E-state index in [1.54, 1.807) is 4.90 Å². The highest BCUT2D eigenvalue weighted by Gasteiger charge is 2.32. The molecule has 1 N–H and O–H groups in total. The van der Waals surface area contributed by atoms with Gasteiger partial charge in [0.2, 0.25) is 11.8 Å². The number of hydrogen-bond donors (Lipinski definition) is 1. The van der Waals surface area contributed by atoms with E-state index in [0.29, 0.717) is 12.6 Å². The highest BCUT2D eigenvalue weighted by molar-refractivity contribution is 6.10. The van der Waals surface area contributed by atoms with Crippen LogP contribution in [0.3, 0.4) is 0 Å². The van der Waals surface area contributed by atoms with Gasteiger partial charge in [-0.2, -0.15) is 0 Å². The van der Waals surface area contributed by atoms with Crippen LogP contribution in [-0.4, -0.2) is 66.9 Å². The Labute approximate surface area is 142 Å². The molecule has 0 saturated carbocycles. The molecule has 3 aliphatic rings. The number of para-hydroxylation sites is 2. The molecule has 4 rings (SSSR count). The molecule has 1 aromatic carbocycles. The largest absolute Gasteiger partial charge is 0.323 e. The number of hydrogen-bond acceptors (Lipinski definition) is 4. The average molecular weight is 328 g/mol. The SMILES string of the molecule is O=C1CN(C(=O)CN2CCC(N3CCCC3)C2)c2ccccc2N1. The lowest BCUT2D eigenvalue weighted by Crippen LogP contribution is -2.46. The van der Waals surface area contributed by atoms with Gasteiger partial charge in [0.25, 0.3) is 0 Å². The van der Waals surface area contributed by atoms with Crippen molar-refractivity contribution in [1.82, 2.24) is 9.80 Å². The summed E-state index contributed by atoms with van der Waals surface area (Å²) in [6.45, 7) is 4.84. The molecular weight excluding hydrogens is 304 g/mol. The summed E-state index contributed by atoms with van der Waals surface area (Å²) < 4.78 is 0. The quantitative estimate of drug-likeness (QED) is 0.904. The molecule has 0 aromatic heterocycles. The summed E-state index contributed by atoms with van der Waals surface area (Å²) in [5.74, 6) is -0.113. The first kappa shape index (κ1) is 15.6. The molecule has 6 heteroatoms. The molecule has 3 heterocycles. The van der Waals surface area contributed by atoms with Gasteiger partial charge in [0, 0.05) is 19.1 Å². The molecule has 1 unspecified atom stereocenters. The smallest absolute Gasteiger partial charge is 0.244 e. The van der Waals surface area contributed by atoms with Crippen molar-refractivity contribution in [2.75, 3.05) is 49.5 Å². The minimum Gasteiger partial charge on any atom is -0.323 e. The molecule has 3 aliphatic heterocycles. The van der Waals surface area contributed by atoms with Crippen LogP contribution in [0.1, 0.15) is 19.3 Å². The van der Waals surface area contributed by atoms with E-state index in [2.05, 4.69) is 15.1 Å². The summed E-state index contributed by atoms with van der Waals surface area (Å²) in [6.07, 6.45) is 3.74. The number of likely N-dealkylation sites (tertiary alicyclic amines) is 2. The molecule has 0 aliphatic carbocycles.